The highest BCUT2D eigenvalue weighted by Crippen LogP contribution is 2.17. The molecule has 1 aromatic carbocycles. The van der Waals surface area contributed by atoms with Crippen molar-refractivity contribution in [1.82, 2.24) is 20.4 Å². The predicted molar refractivity (Wildman–Crippen MR) is 103 cm³/mol. The lowest BCUT2D eigenvalue weighted by molar-refractivity contribution is 0.410. The van der Waals surface area contributed by atoms with Crippen LogP contribution in [0.3, 0.4) is 0 Å². The number of nitrogens with one attached hydrogen (secondary N) is 2. The van der Waals surface area contributed by atoms with E-state index in [1.807, 2.05) is 48.1 Å². The second kappa shape index (κ2) is 10.9. The van der Waals surface area contributed by atoms with Crippen LogP contribution < -0.4 is 15.4 Å². The van der Waals surface area contributed by atoms with Crippen molar-refractivity contribution in [1.29, 1.82) is 0 Å². The van der Waals surface area contributed by atoms with Crippen molar-refractivity contribution in [2.75, 3.05) is 20.2 Å². The van der Waals surface area contributed by atoms with E-state index in [1.165, 1.54) is 0 Å². The maximum Gasteiger partial charge on any atom is 0.191 e. The molecule has 7 heteroatoms. The minimum absolute atomic E-state index is 0. The average molecular weight is 429 g/mol. The van der Waals surface area contributed by atoms with Gasteiger partial charge < -0.3 is 15.4 Å². The van der Waals surface area contributed by atoms with Gasteiger partial charge in [0.1, 0.15) is 5.75 Å². The molecule has 1 heterocycles. The molecule has 0 aliphatic heterocycles. The van der Waals surface area contributed by atoms with Crippen LogP contribution in [0, 0.1) is 0 Å². The number of para-hydroxylation sites is 1. The van der Waals surface area contributed by atoms with Gasteiger partial charge in [0.05, 0.1) is 20.2 Å². The van der Waals surface area contributed by atoms with E-state index in [0.717, 1.165) is 36.9 Å². The largest absolute Gasteiger partial charge is 0.496 e. The molecule has 0 bridgehead atoms. The Hall–Kier alpha value is -1.77. The lowest BCUT2D eigenvalue weighted by Crippen LogP contribution is -2.38. The van der Waals surface area contributed by atoms with Gasteiger partial charge >= 0.3 is 0 Å². The number of ether oxygens (including phenoxy) is 1. The molecular formula is C16H24IN5O. The fraction of sp³-hybridized carbons (Fsp3) is 0.375. The van der Waals surface area contributed by atoms with Crippen molar-refractivity contribution >= 4 is 29.9 Å². The Kier molecular flexibility index (Phi) is 9.11. The summed E-state index contributed by atoms with van der Waals surface area (Å²) < 4.78 is 7.23. The number of nitrogens with zero attached hydrogens (tertiary/aromatic N) is 3. The normalized spacial score (nSPS) is 10.8. The maximum atomic E-state index is 5.35. The molecule has 2 N–H and O–H groups in total. The zero-order chi connectivity index (χ0) is 15.6. The molecule has 0 radical (unpaired) electrons. The van der Waals surface area contributed by atoms with E-state index in [4.69, 9.17) is 4.74 Å². The summed E-state index contributed by atoms with van der Waals surface area (Å²) in [6, 6.07) is 9.84. The van der Waals surface area contributed by atoms with Crippen molar-refractivity contribution in [3.8, 4) is 5.75 Å². The number of hydrogen-bond acceptors (Lipinski definition) is 3. The number of methoxy groups -OCH3 is 1. The minimum atomic E-state index is 0. The number of aromatic nitrogens is 2. The Morgan fingerprint density at radius 2 is 2.09 bits per heavy atom. The quantitative estimate of drug-likeness (QED) is 0.403. The van der Waals surface area contributed by atoms with E-state index in [0.29, 0.717) is 6.54 Å². The molecule has 23 heavy (non-hydrogen) atoms. The molecule has 0 saturated heterocycles. The minimum Gasteiger partial charge on any atom is -0.496 e. The van der Waals surface area contributed by atoms with Gasteiger partial charge in [0.15, 0.2) is 5.96 Å². The molecule has 2 aromatic rings. The SMILES string of the molecule is CCNC(=NCc1ccccc1OC)NCCn1cccn1.I. The number of hydrogen-bond donors (Lipinski definition) is 2. The van der Waals surface area contributed by atoms with Crippen molar-refractivity contribution in [3.05, 3.63) is 48.3 Å². The Morgan fingerprint density at radius 3 is 2.78 bits per heavy atom. The second-order valence-electron chi connectivity index (χ2n) is 4.70. The number of rotatable bonds is 7. The van der Waals surface area contributed by atoms with Crippen LogP contribution in [0.15, 0.2) is 47.7 Å². The van der Waals surface area contributed by atoms with E-state index in [9.17, 15) is 0 Å². The summed E-state index contributed by atoms with van der Waals surface area (Å²) in [4.78, 5) is 4.60. The molecule has 0 saturated carbocycles. The van der Waals surface area contributed by atoms with Crippen LogP contribution in [0.25, 0.3) is 0 Å². The average Bonchev–Trinajstić information content (AvgIpc) is 3.06. The summed E-state index contributed by atoms with van der Waals surface area (Å²) in [6.07, 6.45) is 3.72. The molecule has 0 aliphatic rings. The zero-order valence-corrected chi connectivity index (χ0v) is 15.9. The Bertz CT molecular complexity index is 586. The maximum absolute atomic E-state index is 5.35. The third-order valence-electron chi connectivity index (χ3n) is 3.14. The summed E-state index contributed by atoms with van der Waals surface area (Å²) in [5.74, 6) is 1.65. The molecule has 0 unspecified atom stereocenters. The van der Waals surface area contributed by atoms with Crippen molar-refractivity contribution in [2.24, 2.45) is 4.99 Å². The Morgan fingerprint density at radius 1 is 1.26 bits per heavy atom. The lowest BCUT2D eigenvalue weighted by atomic mass is 10.2. The Balaban J connectivity index is 0.00000264. The van der Waals surface area contributed by atoms with E-state index >= 15 is 0 Å². The van der Waals surface area contributed by atoms with Gasteiger partial charge in [-0.2, -0.15) is 5.10 Å². The van der Waals surface area contributed by atoms with Gasteiger partial charge in [0, 0.05) is 31.0 Å². The summed E-state index contributed by atoms with van der Waals surface area (Å²) >= 11 is 0. The van der Waals surface area contributed by atoms with E-state index in [1.54, 1.807) is 13.3 Å². The Labute approximate surface area is 154 Å². The lowest BCUT2D eigenvalue weighted by Gasteiger charge is -2.12. The molecule has 1 aromatic heterocycles. The highest BCUT2D eigenvalue weighted by Gasteiger charge is 2.02. The number of guanidine groups is 1. The molecule has 6 nitrogen and oxygen atoms in total. The van der Waals surface area contributed by atoms with Gasteiger partial charge in [0.25, 0.3) is 0 Å². The van der Waals surface area contributed by atoms with Crippen LogP contribution in [0.5, 0.6) is 5.75 Å². The van der Waals surface area contributed by atoms with Crippen LogP contribution in [-0.2, 0) is 13.1 Å². The van der Waals surface area contributed by atoms with Crippen LogP contribution in [0.1, 0.15) is 12.5 Å². The molecule has 0 atom stereocenters. The zero-order valence-electron chi connectivity index (χ0n) is 13.5. The van der Waals surface area contributed by atoms with E-state index in [2.05, 4.69) is 20.7 Å². The summed E-state index contributed by atoms with van der Waals surface area (Å²) in [5, 5.41) is 10.7. The van der Waals surface area contributed by atoms with Gasteiger partial charge in [-0.1, -0.05) is 18.2 Å². The third kappa shape index (κ3) is 6.47. The molecule has 0 aliphatic carbocycles. The highest BCUT2D eigenvalue weighted by molar-refractivity contribution is 14.0. The monoisotopic (exact) mass is 429 g/mol. The van der Waals surface area contributed by atoms with Crippen molar-refractivity contribution < 1.29 is 4.74 Å². The summed E-state index contributed by atoms with van der Waals surface area (Å²) in [7, 11) is 1.68. The summed E-state index contributed by atoms with van der Waals surface area (Å²) in [6.45, 7) is 5.00. The third-order valence-corrected chi connectivity index (χ3v) is 3.14. The number of benzene rings is 1. The topological polar surface area (TPSA) is 63.5 Å². The van der Waals surface area contributed by atoms with Gasteiger partial charge in [-0.3, -0.25) is 4.68 Å². The van der Waals surface area contributed by atoms with Gasteiger partial charge in [-0.15, -0.1) is 24.0 Å². The van der Waals surface area contributed by atoms with Crippen LogP contribution in [0.2, 0.25) is 0 Å². The van der Waals surface area contributed by atoms with Crippen LogP contribution in [0.4, 0.5) is 0 Å². The van der Waals surface area contributed by atoms with Crippen LogP contribution >= 0.6 is 24.0 Å². The molecule has 2 rings (SSSR count). The first kappa shape index (κ1) is 19.3. The second-order valence-corrected chi connectivity index (χ2v) is 4.70. The van der Waals surface area contributed by atoms with Crippen LogP contribution in [-0.4, -0.2) is 35.9 Å². The standard InChI is InChI=1S/C16H23N5O.HI/c1-3-17-16(18-10-12-21-11-6-9-20-21)19-13-14-7-4-5-8-15(14)22-2;/h4-9,11H,3,10,12-13H2,1-2H3,(H2,17,18,19);1H. The molecule has 0 amide bonds. The molecule has 0 spiro atoms. The molecule has 0 fully saturated rings. The van der Waals surface area contributed by atoms with Crippen molar-refractivity contribution in [2.45, 2.75) is 20.0 Å². The molecular weight excluding hydrogens is 405 g/mol. The fourth-order valence-corrected chi connectivity index (χ4v) is 2.06. The first-order valence-corrected chi connectivity index (χ1v) is 7.45. The molecule has 126 valence electrons. The predicted octanol–water partition coefficient (Wildman–Crippen LogP) is 2.27. The van der Waals surface area contributed by atoms with E-state index in [-0.39, 0.29) is 24.0 Å². The van der Waals surface area contributed by atoms with Gasteiger partial charge in [0.2, 0.25) is 0 Å². The number of aliphatic imine (C=N–C) groups is 1. The highest BCUT2D eigenvalue weighted by atomic mass is 127. The first-order valence-electron chi connectivity index (χ1n) is 7.45. The fourth-order valence-electron chi connectivity index (χ4n) is 2.06. The van der Waals surface area contributed by atoms with Gasteiger partial charge in [-0.25, -0.2) is 4.99 Å². The van der Waals surface area contributed by atoms with Gasteiger partial charge in [-0.05, 0) is 19.1 Å². The summed E-state index contributed by atoms with van der Waals surface area (Å²) in [5.41, 5.74) is 1.06. The van der Waals surface area contributed by atoms with E-state index < -0.39 is 0 Å². The smallest absolute Gasteiger partial charge is 0.191 e. The number of halogens is 1. The van der Waals surface area contributed by atoms with Crippen molar-refractivity contribution in [3.63, 3.8) is 0 Å². The first-order chi connectivity index (χ1) is 10.8.